The molecule has 0 aliphatic heterocycles. The summed E-state index contributed by atoms with van der Waals surface area (Å²) in [5, 5.41) is 13.0. The topological polar surface area (TPSA) is 109 Å². The van der Waals surface area contributed by atoms with Crippen LogP contribution >= 0.6 is 0 Å². The Morgan fingerprint density at radius 1 is 1.15 bits per heavy atom. The van der Waals surface area contributed by atoms with Crippen molar-refractivity contribution >= 4 is 23.2 Å². The van der Waals surface area contributed by atoms with E-state index in [1.165, 1.54) is 12.1 Å². The van der Waals surface area contributed by atoms with Crippen LogP contribution in [0.2, 0.25) is 0 Å². The number of hydrogen-bond donors (Lipinski definition) is 3. The second-order valence-electron chi connectivity index (χ2n) is 3.73. The standard InChI is InChI=1S/C12H11N5O3/c18-12(14-9-4-2-1-3-5-9)16-15-11-7-6-10(8-13-11)17(19)20/h1-8H,(H,13,15)(H2,14,16,18). The van der Waals surface area contributed by atoms with Crippen molar-refractivity contribution in [2.75, 3.05) is 10.7 Å². The van der Waals surface area contributed by atoms with Gasteiger partial charge in [-0.25, -0.2) is 9.78 Å². The van der Waals surface area contributed by atoms with Gasteiger partial charge < -0.3 is 5.32 Å². The third kappa shape index (κ3) is 3.67. The molecule has 2 rings (SSSR count). The average Bonchev–Trinajstić information content (AvgIpc) is 2.46. The molecule has 0 aliphatic rings. The van der Waals surface area contributed by atoms with Gasteiger partial charge in [-0.3, -0.25) is 21.0 Å². The largest absolute Gasteiger partial charge is 0.337 e. The van der Waals surface area contributed by atoms with Crippen LogP contribution in [0, 0.1) is 10.1 Å². The first kappa shape index (κ1) is 13.3. The van der Waals surface area contributed by atoms with E-state index in [9.17, 15) is 14.9 Å². The van der Waals surface area contributed by atoms with Crippen LogP contribution in [0.4, 0.5) is 22.0 Å². The van der Waals surface area contributed by atoms with Crippen molar-refractivity contribution in [3.63, 3.8) is 0 Å². The number of nitrogens with one attached hydrogen (secondary N) is 3. The fourth-order valence-electron chi connectivity index (χ4n) is 1.37. The van der Waals surface area contributed by atoms with E-state index in [-0.39, 0.29) is 5.69 Å². The molecule has 0 radical (unpaired) electrons. The molecule has 8 nitrogen and oxygen atoms in total. The number of pyridine rings is 1. The monoisotopic (exact) mass is 273 g/mol. The minimum Gasteiger partial charge on any atom is -0.307 e. The lowest BCUT2D eigenvalue weighted by atomic mass is 10.3. The number of aromatic nitrogens is 1. The van der Waals surface area contributed by atoms with Gasteiger partial charge in [-0.15, -0.1) is 0 Å². The number of rotatable bonds is 4. The predicted octanol–water partition coefficient (Wildman–Crippen LogP) is 2.14. The Hall–Kier alpha value is -3.16. The number of urea groups is 1. The van der Waals surface area contributed by atoms with Crippen LogP contribution in [0.1, 0.15) is 0 Å². The Morgan fingerprint density at radius 2 is 1.90 bits per heavy atom. The Labute approximate surface area is 114 Å². The van der Waals surface area contributed by atoms with Crippen LogP contribution in [0.3, 0.4) is 0 Å². The van der Waals surface area contributed by atoms with Gasteiger partial charge >= 0.3 is 6.03 Å². The molecule has 20 heavy (non-hydrogen) atoms. The molecule has 102 valence electrons. The van der Waals surface area contributed by atoms with Gasteiger partial charge in [0, 0.05) is 11.8 Å². The fraction of sp³-hybridized carbons (Fsp3) is 0. The minimum absolute atomic E-state index is 0.121. The molecule has 0 unspecified atom stereocenters. The first-order chi connectivity index (χ1) is 9.65. The van der Waals surface area contributed by atoms with Crippen LogP contribution in [-0.4, -0.2) is 15.9 Å². The molecular formula is C12H11N5O3. The number of para-hydroxylation sites is 1. The second-order valence-corrected chi connectivity index (χ2v) is 3.73. The van der Waals surface area contributed by atoms with E-state index >= 15 is 0 Å². The van der Waals surface area contributed by atoms with Crippen LogP contribution in [0.25, 0.3) is 0 Å². The number of hydrogen-bond acceptors (Lipinski definition) is 5. The summed E-state index contributed by atoms with van der Waals surface area (Å²) < 4.78 is 0. The van der Waals surface area contributed by atoms with Crippen molar-refractivity contribution in [2.24, 2.45) is 0 Å². The van der Waals surface area contributed by atoms with E-state index in [0.717, 1.165) is 6.20 Å². The van der Waals surface area contributed by atoms with Crippen LogP contribution < -0.4 is 16.2 Å². The normalized spacial score (nSPS) is 9.60. The maximum Gasteiger partial charge on any atom is 0.337 e. The maximum absolute atomic E-state index is 11.5. The summed E-state index contributed by atoms with van der Waals surface area (Å²) in [6.07, 6.45) is 1.10. The van der Waals surface area contributed by atoms with Gasteiger partial charge in [0.25, 0.3) is 5.69 Å². The highest BCUT2D eigenvalue weighted by Gasteiger charge is 2.05. The van der Waals surface area contributed by atoms with Crippen molar-refractivity contribution in [3.8, 4) is 0 Å². The van der Waals surface area contributed by atoms with Crippen molar-refractivity contribution < 1.29 is 9.72 Å². The summed E-state index contributed by atoms with van der Waals surface area (Å²) in [6.45, 7) is 0. The van der Waals surface area contributed by atoms with Gasteiger partial charge in [-0.05, 0) is 18.2 Å². The molecular weight excluding hydrogens is 262 g/mol. The molecule has 3 N–H and O–H groups in total. The molecule has 0 spiro atoms. The zero-order valence-corrected chi connectivity index (χ0v) is 10.2. The number of carbonyl (C=O) groups excluding carboxylic acids is 1. The number of nitrogens with zero attached hydrogens (tertiary/aromatic N) is 2. The first-order valence-electron chi connectivity index (χ1n) is 5.63. The number of hydrazine groups is 1. The lowest BCUT2D eigenvalue weighted by Gasteiger charge is -2.08. The van der Waals surface area contributed by atoms with E-state index in [1.807, 2.05) is 6.07 Å². The van der Waals surface area contributed by atoms with Crippen molar-refractivity contribution in [1.82, 2.24) is 10.4 Å². The molecule has 1 aromatic carbocycles. The maximum atomic E-state index is 11.5. The molecule has 0 saturated carbocycles. The van der Waals surface area contributed by atoms with Gasteiger partial charge in [0.15, 0.2) is 0 Å². The van der Waals surface area contributed by atoms with Gasteiger partial charge in [0.05, 0.1) is 4.92 Å². The summed E-state index contributed by atoms with van der Waals surface area (Å²) in [7, 11) is 0. The minimum atomic E-state index is -0.549. The van der Waals surface area contributed by atoms with E-state index < -0.39 is 11.0 Å². The summed E-state index contributed by atoms with van der Waals surface area (Å²) in [6, 6.07) is 11.1. The molecule has 0 fully saturated rings. The number of nitro groups is 1. The third-order valence-electron chi connectivity index (χ3n) is 2.29. The van der Waals surface area contributed by atoms with Crippen LogP contribution in [0.5, 0.6) is 0 Å². The van der Waals surface area contributed by atoms with E-state index in [1.54, 1.807) is 24.3 Å². The Balaban J connectivity index is 1.85. The molecule has 8 heteroatoms. The van der Waals surface area contributed by atoms with Gasteiger partial charge in [0.2, 0.25) is 0 Å². The van der Waals surface area contributed by atoms with E-state index in [4.69, 9.17) is 0 Å². The van der Waals surface area contributed by atoms with Crippen molar-refractivity contribution in [2.45, 2.75) is 0 Å². The first-order valence-corrected chi connectivity index (χ1v) is 5.63. The lowest BCUT2D eigenvalue weighted by Crippen LogP contribution is -2.33. The summed E-state index contributed by atoms with van der Waals surface area (Å²) in [4.78, 5) is 25.2. The van der Waals surface area contributed by atoms with Gasteiger partial charge in [-0.2, -0.15) is 0 Å². The second kappa shape index (κ2) is 6.14. The molecule has 0 saturated heterocycles. The molecule has 1 aromatic heterocycles. The highest BCUT2D eigenvalue weighted by Crippen LogP contribution is 2.11. The predicted molar refractivity (Wildman–Crippen MR) is 73.1 cm³/mol. The third-order valence-corrected chi connectivity index (χ3v) is 2.29. The van der Waals surface area contributed by atoms with Crippen LogP contribution in [-0.2, 0) is 0 Å². The summed E-state index contributed by atoms with van der Waals surface area (Å²) >= 11 is 0. The van der Waals surface area contributed by atoms with Crippen molar-refractivity contribution in [1.29, 1.82) is 0 Å². The Kier molecular flexibility index (Phi) is 4.07. The van der Waals surface area contributed by atoms with Gasteiger partial charge in [0.1, 0.15) is 12.0 Å². The molecule has 0 aliphatic carbocycles. The SMILES string of the molecule is O=C(NNc1ccc([N+](=O)[O-])cn1)Nc1ccccc1. The van der Waals surface area contributed by atoms with Gasteiger partial charge in [-0.1, -0.05) is 18.2 Å². The molecule has 2 amide bonds. The Bertz CT molecular complexity index is 600. The number of benzene rings is 1. The summed E-state index contributed by atoms with van der Waals surface area (Å²) in [5.41, 5.74) is 5.42. The zero-order valence-electron chi connectivity index (χ0n) is 10.2. The van der Waals surface area contributed by atoms with E-state index in [0.29, 0.717) is 11.5 Å². The molecule has 2 aromatic rings. The quantitative estimate of drug-likeness (QED) is 0.584. The fourth-order valence-corrected chi connectivity index (χ4v) is 1.37. The lowest BCUT2D eigenvalue weighted by molar-refractivity contribution is -0.385. The smallest absolute Gasteiger partial charge is 0.307 e. The zero-order chi connectivity index (χ0) is 14.4. The Morgan fingerprint density at radius 3 is 2.50 bits per heavy atom. The molecule has 1 heterocycles. The number of anilines is 2. The summed E-state index contributed by atoms with van der Waals surface area (Å²) in [5.74, 6) is 0.291. The van der Waals surface area contributed by atoms with Crippen LogP contribution in [0.15, 0.2) is 48.7 Å². The van der Waals surface area contributed by atoms with Crippen molar-refractivity contribution in [3.05, 3.63) is 58.8 Å². The highest BCUT2D eigenvalue weighted by atomic mass is 16.6. The molecule has 0 bridgehead atoms. The average molecular weight is 273 g/mol. The molecule has 0 atom stereocenters. The highest BCUT2D eigenvalue weighted by molar-refractivity contribution is 5.89. The number of amides is 2. The van der Waals surface area contributed by atoms with E-state index in [2.05, 4.69) is 21.2 Å². The number of carbonyl (C=O) groups is 1.